The fourth-order valence-electron chi connectivity index (χ4n) is 1.84. The van der Waals surface area contributed by atoms with Crippen molar-refractivity contribution in [2.45, 2.75) is 13.8 Å². The molecule has 0 unspecified atom stereocenters. The number of nitrogen functional groups attached to an aromatic ring is 1. The van der Waals surface area contributed by atoms with E-state index in [0.29, 0.717) is 28.3 Å². The highest BCUT2D eigenvalue weighted by Crippen LogP contribution is 2.31. The zero-order valence-corrected chi connectivity index (χ0v) is 10.5. The van der Waals surface area contributed by atoms with E-state index in [2.05, 4.69) is 0 Å². The van der Waals surface area contributed by atoms with Crippen LogP contribution in [0.25, 0.3) is 0 Å². The monoisotopic (exact) mass is 246 g/mol. The van der Waals surface area contributed by atoms with Crippen molar-refractivity contribution in [3.63, 3.8) is 0 Å². The van der Waals surface area contributed by atoms with Gasteiger partial charge in [0, 0.05) is 11.1 Å². The van der Waals surface area contributed by atoms with Gasteiger partial charge in [-0.1, -0.05) is 0 Å². The highest BCUT2D eigenvalue weighted by atomic mass is 16.5. The minimum absolute atomic E-state index is 0.304. The number of anilines is 2. The standard InChI is InChI=1S/C13H14N2O3/c1-7-8(2)13(17)15(12(7)16)9-4-5-11(18-3)10(14)6-9/h4-6H,14H2,1-3H3. The maximum absolute atomic E-state index is 12.0. The first-order valence-corrected chi connectivity index (χ1v) is 5.47. The normalized spacial score (nSPS) is 15.6. The van der Waals surface area contributed by atoms with Gasteiger partial charge in [-0.15, -0.1) is 0 Å². The van der Waals surface area contributed by atoms with Crippen LogP contribution < -0.4 is 15.4 Å². The summed E-state index contributed by atoms with van der Waals surface area (Å²) < 4.78 is 5.03. The lowest BCUT2D eigenvalue weighted by Crippen LogP contribution is -2.31. The fourth-order valence-corrected chi connectivity index (χ4v) is 1.84. The fraction of sp³-hybridized carbons (Fsp3) is 0.231. The summed E-state index contributed by atoms with van der Waals surface area (Å²) in [5, 5.41) is 0. The highest BCUT2D eigenvalue weighted by molar-refractivity contribution is 6.32. The van der Waals surface area contributed by atoms with E-state index in [1.165, 1.54) is 7.11 Å². The summed E-state index contributed by atoms with van der Waals surface area (Å²) in [5.41, 5.74) is 7.55. The molecule has 5 heteroatoms. The van der Waals surface area contributed by atoms with Crippen LogP contribution in [0, 0.1) is 0 Å². The Morgan fingerprint density at radius 2 is 1.67 bits per heavy atom. The Bertz CT molecular complexity index is 552. The Hall–Kier alpha value is -2.30. The number of carbonyl (C=O) groups excluding carboxylic acids is 2. The van der Waals surface area contributed by atoms with Gasteiger partial charge in [0.2, 0.25) is 0 Å². The molecule has 0 saturated heterocycles. The molecule has 2 amide bonds. The van der Waals surface area contributed by atoms with Crippen LogP contribution in [-0.4, -0.2) is 18.9 Å². The smallest absolute Gasteiger partial charge is 0.261 e. The van der Waals surface area contributed by atoms with Crippen molar-refractivity contribution in [2.24, 2.45) is 0 Å². The van der Waals surface area contributed by atoms with E-state index < -0.39 is 0 Å². The lowest BCUT2D eigenvalue weighted by Gasteiger charge is -2.16. The third-order valence-electron chi connectivity index (χ3n) is 3.08. The van der Waals surface area contributed by atoms with Crippen LogP contribution in [0.3, 0.4) is 0 Å². The molecule has 1 aliphatic heterocycles. The predicted octanol–water partition coefficient (Wildman–Crippen LogP) is 1.49. The average molecular weight is 246 g/mol. The Kier molecular flexibility index (Phi) is 2.82. The van der Waals surface area contributed by atoms with Gasteiger partial charge in [0.25, 0.3) is 11.8 Å². The van der Waals surface area contributed by atoms with Crippen LogP contribution in [0.2, 0.25) is 0 Å². The van der Waals surface area contributed by atoms with Gasteiger partial charge in [-0.2, -0.15) is 0 Å². The van der Waals surface area contributed by atoms with Crippen molar-refractivity contribution in [3.8, 4) is 5.75 Å². The summed E-state index contributed by atoms with van der Waals surface area (Å²) in [6, 6.07) is 4.82. The Morgan fingerprint density at radius 3 is 2.11 bits per heavy atom. The lowest BCUT2D eigenvalue weighted by molar-refractivity contribution is -0.120. The molecule has 2 rings (SSSR count). The summed E-state index contributed by atoms with van der Waals surface area (Å²) in [4.78, 5) is 25.1. The summed E-state index contributed by atoms with van der Waals surface area (Å²) >= 11 is 0. The summed E-state index contributed by atoms with van der Waals surface area (Å²) in [6.07, 6.45) is 0. The average Bonchev–Trinajstić information content (AvgIpc) is 2.54. The molecule has 0 bridgehead atoms. The number of carbonyl (C=O) groups is 2. The molecule has 1 heterocycles. The Labute approximate surface area is 105 Å². The number of benzene rings is 1. The molecular weight excluding hydrogens is 232 g/mol. The number of ether oxygens (including phenoxy) is 1. The molecule has 0 saturated carbocycles. The predicted molar refractivity (Wildman–Crippen MR) is 68.3 cm³/mol. The third kappa shape index (κ3) is 1.64. The van der Waals surface area contributed by atoms with Gasteiger partial charge in [-0.05, 0) is 32.0 Å². The van der Waals surface area contributed by atoms with Crippen molar-refractivity contribution >= 4 is 23.2 Å². The zero-order valence-electron chi connectivity index (χ0n) is 10.5. The van der Waals surface area contributed by atoms with Gasteiger partial charge in [-0.3, -0.25) is 9.59 Å². The summed E-state index contributed by atoms with van der Waals surface area (Å²) in [5.74, 6) is -0.0941. The van der Waals surface area contributed by atoms with E-state index in [9.17, 15) is 9.59 Å². The van der Waals surface area contributed by atoms with Crippen molar-refractivity contribution in [2.75, 3.05) is 17.7 Å². The van der Waals surface area contributed by atoms with Gasteiger partial charge in [0.15, 0.2) is 0 Å². The first kappa shape index (κ1) is 12.2. The van der Waals surface area contributed by atoms with Crippen LogP contribution in [0.5, 0.6) is 5.75 Å². The van der Waals surface area contributed by atoms with Crippen LogP contribution in [0.4, 0.5) is 11.4 Å². The second kappa shape index (κ2) is 4.18. The minimum atomic E-state index is -0.304. The van der Waals surface area contributed by atoms with E-state index in [1.807, 2.05) is 0 Å². The zero-order chi connectivity index (χ0) is 13.4. The van der Waals surface area contributed by atoms with Crippen LogP contribution in [0.15, 0.2) is 29.3 Å². The van der Waals surface area contributed by atoms with Crippen LogP contribution >= 0.6 is 0 Å². The number of hydrogen-bond acceptors (Lipinski definition) is 4. The van der Waals surface area contributed by atoms with Crippen molar-refractivity contribution in [1.82, 2.24) is 0 Å². The number of imide groups is 1. The molecule has 0 spiro atoms. The third-order valence-corrected chi connectivity index (χ3v) is 3.08. The summed E-state index contributed by atoms with van der Waals surface area (Å²) in [7, 11) is 1.51. The highest BCUT2D eigenvalue weighted by Gasteiger charge is 2.34. The SMILES string of the molecule is COc1ccc(N2C(=O)C(C)=C(C)C2=O)cc1N. The van der Waals surface area contributed by atoms with Gasteiger partial charge in [0.05, 0.1) is 18.5 Å². The summed E-state index contributed by atoms with van der Waals surface area (Å²) in [6.45, 7) is 3.28. The first-order chi connectivity index (χ1) is 8.47. The molecular formula is C13H14N2O3. The lowest BCUT2D eigenvalue weighted by atomic mass is 10.2. The van der Waals surface area contributed by atoms with Gasteiger partial charge >= 0.3 is 0 Å². The molecule has 0 radical (unpaired) electrons. The molecule has 5 nitrogen and oxygen atoms in total. The number of rotatable bonds is 2. The molecule has 0 aromatic heterocycles. The maximum Gasteiger partial charge on any atom is 0.261 e. The molecule has 94 valence electrons. The number of amides is 2. The molecule has 1 aliphatic rings. The minimum Gasteiger partial charge on any atom is -0.495 e. The van der Waals surface area contributed by atoms with E-state index in [0.717, 1.165) is 4.90 Å². The van der Waals surface area contributed by atoms with Crippen molar-refractivity contribution in [3.05, 3.63) is 29.3 Å². The molecule has 18 heavy (non-hydrogen) atoms. The number of hydrogen-bond donors (Lipinski definition) is 1. The molecule has 2 N–H and O–H groups in total. The number of methoxy groups -OCH3 is 1. The van der Waals surface area contributed by atoms with Crippen molar-refractivity contribution in [1.29, 1.82) is 0 Å². The van der Waals surface area contributed by atoms with Gasteiger partial charge < -0.3 is 10.5 Å². The molecule has 1 aromatic rings. The van der Waals surface area contributed by atoms with Crippen LogP contribution in [-0.2, 0) is 9.59 Å². The Morgan fingerprint density at radius 1 is 1.11 bits per heavy atom. The second-order valence-corrected chi connectivity index (χ2v) is 4.12. The molecule has 0 aliphatic carbocycles. The van der Waals surface area contributed by atoms with Gasteiger partial charge in [0.1, 0.15) is 5.75 Å². The van der Waals surface area contributed by atoms with E-state index in [-0.39, 0.29) is 11.8 Å². The van der Waals surface area contributed by atoms with E-state index >= 15 is 0 Å². The first-order valence-electron chi connectivity index (χ1n) is 5.47. The number of nitrogens with two attached hydrogens (primary N) is 1. The Balaban J connectivity index is 2.43. The topological polar surface area (TPSA) is 72.6 Å². The molecule has 0 atom stereocenters. The quantitative estimate of drug-likeness (QED) is 0.633. The van der Waals surface area contributed by atoms with Gasteiger partial charge in [-0.25, -0.2) is 4.90 Å². The molecule has 0 fully saturated rings. The van der Waals surface area contributed by atoms with Crippen LogP contribution in [0.1, 0.15) is 13.8 Å². The van der Waals surface area contributed by atoms with E-state index in [1.54, 1.807) is 32.0 Å². The van der Waals surface area contributed by atoms with E-state index in [4.69, 9.17) is 10.5 Å². The number of nitrogens with zero attached hydrogens (tertiary/aromatic N) is 1. The van der Waals surface area contributed by atoms with Crippen molar-refractivity contribution < 1.29 is 14.3 Å². The maximum atomic E-state index is 12.0. The molecule has 1 aromatic carbocycles. The largest absolute Gasteiger partial charge is 0.495 e. The second-order valence-electron chi connectivity index (χ2n) is 4.12.